The molecule has 2 heterocycles. The molecule has 1 spiro atoms. The maximum atomic E-state index is 15.3. The van der Waals surface area contributed by atoms with Crippen LogP contribution in [0.15, 0.2) is 120 Å². The van der Waals surface area contributed by atoms with E-state index in [9.17, 15) is 24.3 Å². The summed E-state index contributed by atoms with van der Waals surface area (Å²) in [6.07, 6.45) is 0. The number of rotatable bonds is 6. The molecule has 1 saturated heterocycles. The van der Waals surface area contributed by atoms with E-state index in [4.69, 9.17) is 16.3 Å². The number of benzene rings is 4. The summed E-state index contributed by atoms with van der Waals surface area (Å²) in [5.41, 5.74) is -2.39. The lowest BCUT2D eigenvalue weighted by molar-refractivity contribution is -0.136. The molecule has 4 aromatic carbocycles. The smallest absolute Gasteiger partial charge is 0.355 e. The zero-order chi connectivity index (χ0) is 33.6. The fraction of sp³-hybridized carbons (Fsp3) is 0.108. The van der Waals surface area contributed by atoms with E-state index >= 15 is 4.79 Å². The number of amides is 2. The average Bonchev–Trinajstić information content (AvgIpc) is 3.47. The number of esters is 1. The molecule has 47 heavy (non-hydrogen) atoms. The maximum Gasteiger partial charge on any atom is 0.355 e. The van der Waals surface area contributed by atoms with Gasteiger partial charge in [-0.25, -0.2) is 4.79 Å². The van der Waals surface area contributed by atoms with E-state index in [1.54, 1.807) is 54.6 Å². The van der Waals surface area contributed by atoms with Gasteiger partial charge in [-0.1, -0.05) is 77.3 Å². The van der Waals surface area contributed by atoms with Crippen LogP contribution >= 0.6 is 11.6 Å². The van der Waals surface area contributed by atoms with Crippen LogP contribution in [0.1, 0.15) is 27.0 Å². The number of hydrogen-bond donors (Lipinski definition) is 1. The molecule has 0 bridgehead atoms. The first-order chi connectivity index (χ1) is 22.5. The van der Waals surface area contributed by atoms with Gasteiger partial charge in [0.05, 0.1) is 18.3 Å². The van der Waals surface area contributed by atoms with Crippen molar-refractivity contribution in [1.29, 1.82) is 0 Å². The topological polar surface area (TPSA) is 121 Å². The highest BCUT2D eigenvalue weighted by Gasteiger charge is 2.71. The first kappa shape index (κ1) is 31.2. The summed E-state index contributed by atoms with van der Waals surface area (Å²) in [6.45, 7) is 3.64. The Morgan fingerprint density at radius 2 is 1.30 bits per heavy atom. The largest absolute Gasteiger partial charge is 0.507 e. The number of nitrogens with zero attached hydrogens (tertiary/aromatic N) is 2. The van der Waals surface area contributed by atoms with Crippen molar-refractivity contribution in [3.8, 4) is 0 Å². The van der Waals surface area contributed by atoms with Crippen LogP contribution in [0.5, 0.6) is 0 Å². The zero-order valence-electron chi connectivity index (χ0n) is 25.5. The minimum Gasteiger partial charge on any atom is -0.507 e. The molecule has 2 aliphatic heterocycles. The van der Waals surface area contributed by atoms with Gasteiger partial charge in [-0.3, -0.25) is 29.0 Å². The summed E-state index contributed by atoms with van der Waals surface area (Å²) >= 11 is 6.13. The second-order valence-corrected chi connectivity index (χ2v) is 11.6. The van der Waals surface area contributed by atoms with E-state index < -0.39 is 57.5 Å². The van der Waals surface area contributed by atoms with Crippen LogP contribution in [-0.4, -0.2) is 47.1 Å². The van der Waals surface area contributed by atoms with Crippen LogP contribution in [0.3, 0.4) is 0 Å². The predicted molar refractivity (Wildman–Crippen MR) is 176 cm³/mol. The van der Waals surface area contributed by atoms with Gasteiger partial charge in [-0.2, -0.15) is 0 Å². The lowest BCUT2D eigenvalue weighted by atomic mass is 9.77. The summed E-state index contributed by atoms with van der Waals surface area (Å²) in [7, 11) is 1.09. The monoisotopic (exact) mass is 646 g/mol. The molecule has 2 amide bonds. The van der Waals surface area contributed by atoms with Crippen LogP contribution in [0.4, 0.5) is 11.4 Å². The molecule has 234 valence electrons. The van der Waals surface area contributed by atoms with Gasteiger partial charge in [-0.05, 0) is 62.4 Å². The van der Waals surface area contributed by atoms with Crippen molar-refractivity contribution in [1.82, 2.24) is 0 Å². The van der Waals surface area contributed by atoms with Crippen molar-refractivity contribution >= 4 is 58.1 Å². The number of aliphatic hydroxyl groups is 1. The number of Topliss-reactive ketones (excluding diaryl/α,β-unsaturated/α-hetero) is 2. The Balaban J connectivity index is 1.82. The highest BCUT2D eigenvalue weighted by molar-refractivity contribution is 6.57. The zero-order valence-corrected chi connectivity index (χ0v) is 26.2. The van der Waals surface area contributed by atoms with Crippen molar-refractivity contribution in [2.75, 3.05) is 16.9 Å². The first-order valence-electron chi connectivity index (χ1n) is 14.5. The SMILES string of the molecule is COC(=O)C1=C(C(=O)c2ccc(Cl)cc2)C2(C(=O)N1c1ccc(C)cc1)/C(=C(\O)c1ccccc1)C(=O)C(=O)N2c1ccc(C)cc1. The molecule has 1 N–H and O–H groups in total. The van der Waals surface area contributed by atoms with Crippen LogP contribution in [0.25, 0.3) is 5.76 Å². The number of anilines is 2. The molecule has 0 aliphatic carbocycles. The molecule has 1 fully saturated rings. The van der Waals surface area contributed by atoms with Crippen molar-refractivity contribution in [2.45, 2.75) is 19.4 Å². The van der Waals surface area contributed by atoms with E-state index in [0.29, 0.717) is 5.02 Å². The Morgan fingerprint density at radius 1 is 0.745 bits per heavy atom. The molecule has 10 heteroatoms. The first-order valence-corrected chi connectivity index (χ1v) is 14.9. The van der Waals surface area contributed by atoms with Crippen molar-refractivity contribution in [3.63, 3.8) is 0 Å². The minimum atomic E-state index is -2.64. The highest BCUT2D eigenvalue weighted by atomic mass is 35.5. The second kappa shape index (κ2) is 11.9. The molecular formula is C37H27ClN2O7. The molecule has 1 unspecified atom stereocenters. The van der Waals surface area contributed by atoms with Crippen LogP contribution in [0, 0.1) is 13.8 Å². The van der Waals surface area contributed by atoms with E-state index in [1.807, 2.05) is 13.8 Å². The standard InChI is InChI=1S/C37H27ClN2O7/c1-21-9-17-26(18-10-21)39-30(35(45)47-3)28(31(41)24-13-15-25(38)16-14-24)37(36(39)46)29(32(42)23-7-5-4-6-8-23)33(43)34(44)40(37)27-19-11-22(2)12-20-27/h4-20,42H,1-3H3/b32-29-. The fourth-order valence-electron chi connectivity index (χ4n) is 6.00. The quantitative estimate of drug-likeness (QED) is 0.0905. The molecule has 0 aromatic heterocycles. The normalized spacial score (nSPS) is 18.8. The number of hydrogen-bond acceptors (Lipinski definition) is 7. The molecule has 2 aliphatic rings. The lowest BCUT2D eigenvalue weighted by Gasteiger charge is -2.35. The lowest BCUT2D eigenvalue weighted by Crippen LogP contribution is -2.56. The average molecular weight is 647 g/mol. The third-order valence-corrected chi connectivity index (χ3v) is 8.49. The van der Waals surface area contributed by atoms with Gasteiger partial charge in [0, 0.05) is 27.5 Å². The summed E-state index contributed by atoms with van der Waals surface area (Å²) < 4.78 is 5.16. The highest BCUT2D eigenvalue weighted by Crippen LogP contribution is 2.53. The number of methoxy groups -OCH3 is 1. The van der Waals surface area contributed by atoms with Crippen LogP contribution < -0.4 is 9.80 Å². The third-order valence-electron chi connectivity index (χ3n) is 8.24. The second-order valence-electron chi connectivity index (χ2n) is 11.1. The Hall–Kier alpha value is -5.80. The number of halogens is 1. The molecule has 0 radical (unpaired) electrons. The molecular weight excluding hydrogens is 620 g/mol. The molecule has 6 rings (SSSR count). The number of aryl methyl sites for hydroxylation is 2. The van der Waals surface area contributed by atoms with Crippen molar-refractivity contribution < 1.29 is 33.8 Å². The number of carbonyl (C=O) groups is 5. The molecule has 0 saturated carbocycles. The van der Waals surface area contributed by atoms with Crippen molar-refractivity contribution in [3.05, 3.63) is 147 Å². The Kier molecular flexibility index (Phi) is 7.86. The van der Waals surface area contributed by atoms with Gasteiger partial charge in [0.1, 0.15) is 11.5 Å². The van der Waals surface area contributed by atoms with Crippen molar-refractivity contribution in [2.24, 2.45) is 0 Å². The Morgan fingerprint density at radius 3 is 1.85 bits per heavy atom. The summed E-state index contributed by atoms with van der Waals surface area (Å²) in [6, 6.07) is 26.5. The number of ether oxygens (including phenoxy) is 1. The number of aliphatic hydroxyl groups excluding tert-OH is 1. The van der Waals surface area contributed by atoms with E-state index in [2.05, 4.69) is 0 Å². The van der Waals surface area contributed by atoms with Gasteiger partial charge < -0.3 is 9.84 Å². The fourth-order valence-corrected chi connectivity index (χ4v) is 6.13. The Labute approximate surface area is 274 Å². The number of carbonyl (C=O) groups excluding carboxylic acids is 5. The van der Waals surface area contributed by atoms with Crippen LogP contribution in [0.2, 0.25) is 5.02 Å². The summed E-state index contributed by atoms with van der Waals surface area (Å²) in [5, 5.41) is 12.2. The predicted octanol–water partition coefficient (Wildman–Crippen LogP) is 5.94. The van der Waals surface area contributed by atoms with Gasteiger partial charge >= 0.3 is 11.9 Å². The van der Waals surface area contributed by atoms with E-state index in [0.717, 1.165) is 28.0 Å². The molecule has 4 aromatic rings. The minimum absolute atomic E-state index is 0.00191. The maximum absolute atomic E-state index is 15.3. The molecule has 1 atom stereocenters. The molecule has 9 nitrogen and oxygen atoms in total. The van der Waals surface area contributed by atoms with Gasteiger partial charge in [0.15, 0.2) is 11.3 Å². The summed E-state index contributed by atoms with van der Waals surface area (Å²) in [4.78, 5) is 74.3. The Bertz CT molecular complexity index is 2030. The van der Waals surface area contributed by atoms with Gasteiger partial charge in [0.25, 0.3) is 11.7 Å². The summed E-state index contributed by atoms with van der Waals surface area (Å²) in [5.74, 6) is -6.09. The van der Waals surface area contributed by atoms with E-state index in [1.165, 1.54) is 48.5 Å². The van der Waals surface area contributed by atoms with E-state index in [-0.39, 0.29) is 22.5 Å². The van der Waals surface area contributed by atoms with Gasteiger partial charge in [0.2, 0.25) is 0 Å². The third kappa shape index (κ3) is 4.83. The van der Waals surface area contributed by atoms with Crippen LogP contribution in [-0.2, 0) is 23.9 Å². The van der Waals surface area contributed by atoms with Gasteiger partial charge in [-0.15, -0.1) is 0 Å². The number of ketones is 2.